The first-order valence-electron chi connectivity index (χ1n) is 10.0. The summed E-state index contributed by atoms with van der Waals surface area (Å²) in [6, 6.07) is 6.86. The van der Waals surface area contributed by atoms with Gasteiger partial charge in [0, 0.05) is 12.0 Å². The number of hydrogen-bond acceptors (Lipinski definition) is 5. The molecule has 3 saturated heterocycles. The average molecular weight is 385 g/mol. The van der Waals surface area contributed by atoms with Crippen LogP contribution in [0.5, 0.6) is 0 Å². The zero-order valence-electron chi connectivity index (χ0n) is 16.6. The minimum Gasteiger partial charge on any atom is -0.443 e. The number of benzene rings is 1. The van der Waals surface area contributed by atoms with Gasteiger partial charge in [0.15, 0.2) is 11.9 Å². The fraction of sp³-hybridized carbons (Fsp3) is 0.571. The van der Waals surface area contributed by atoms with Crippen molar-refractivity contribution in [2.45, 2.75) is 76.2 Å². The lowest BCUT2D eigenvalue weighted by atomic mass is 9.99. The van der Waals surface area contributed by atoms with E-state index in [9.17, 15) is 14.4 Å². The topological polar surface area (TPSA) is 78.5 Å². The van der Waals surface area contributed by atoms with E-state index in [1.54, 1.807) is 29.2 Å². The summed E-state index contributed by atoms with van der Waals surface area (Å²) in [7, 11) is 0. The molecular weight excluding hydrogens is 358 g/mol. The number of aldehydes is 1. The first-order valence-corrected chi connectivity index (χ1v) is 10.0. The van der Waals surface area contributed by atoms with Crippen LogP contribution in [-0.2, 0) is 4.74 Å². The van der Waals surface area contributed by atoms with Crippen LogP contribution in [0.2, 0.25) is 0 Å². The van der Waals surface area contributed by atoms with Crippen molar-refractivity contribution in [3.05, 3.63) is 35.4 Å². The molecule has 0 saturated carbocycles. The van der Waals surface area contributed by atoms with E-state index in [0.29, 0.717) is 17.4 Å². The highest BCUT2D eigenvalue weighted by Crippen LogP contribution is 2.65. The average Bonchev–Trinajstić information content (AvgIpc) is 3.49. The van der Waals surface area contributed by atoms with Gasteiger partial charge in [0.1, 0.15) is 5.60 Å². The van der Waals surface area contributed by atoms with Gasteiger partial charge in [0.25, 0.3) is 5.91 Å². The third-order valence-corrected chi connectivity index (χ3v) is 6.12. The molecule has 4 rings (SSSR count). The van der Waals surface area contributed by atoms with Crippen LogP contribution in [0.15, 0.2) is 24.3 Å². The summed E-state index contributed by atoms with van der Waals surface area (Å²) in [5.74, 6) is -0.322. The lowest BCUT2D eigenvalue weighted by molar-refractivity contribution is 0.000286. The molecule has 3 aliphatic rings. The summed E-state index contributed by atoms with van der Waals surface area (Å²) in [5, 5.41) is 1.90. The van der Waals surface area contributed by atoms with Crippen LogP contribution in [0.3, 0.4) is 0 Å². The van der Waals surface area contributed by atoms with Gasteiger partial charge < -0.3 is 4.74 Å². The third kappa shape index (κ3) is 2.80. The van der Waals surface area contributed by atoms with Crippen molar-refractivity contribution in [2.24, 2.45) is 0 Å². The lowest BCUT2D eigenvalue weighted by Gasteiger charge is -2.28. The van der Waals surface area contributed by atoms with Gasteiger partial charge >= 0.3 is 6.09 Å². The first kappa shape index (κ1) is 18.9. The normalized spacial score (nSPS) is 31.8. The predicted octanol–water partition coefficient (Wildman–Crippen LogP) is 3.11. The second kappa shape index (κ2) is 6.58. The van der Waals surface area contributed by atoms with Crippen LogP contribution in [0.1, 0.15) is 73.6 Å². The number of nitrogens with one attached hydrogen (secondary N) is 1. The zero-order chi connectivity index (χ0) is 20.1. The van der Waals surface area contributed by atoms with Crippen molar-refractivity contribution < 1.29 is 19.1 Å². The van der Waals surface area contributed by atoms with E-state index < -0.39 is 11.3 Å². The molecule has 1 unspecified atom stereocenters. The molecule has 3 fully saturated rings. The second-order valence-corrected chi connectivity index (χ2v) is 8.53. The Morgan fingerprint density at radius 1 is 1.32 bits per heavy atom. The monoisotopic (exact) mass is 385 g/mol. The Morgan fingerprint density at radius 2 is 2.07 bits per heavy atom. The fourth-order valence-corrected chi connectivity index (χ4v) is 4.75. The number of unbranched alkanes of at least 4 members (excludes halogenated alkanes) is 2. The minimum absolute atomic E-state index is 0.0528. The molecule has 1 spiro atoms. The number of hydrogen-bond donors (Lipinski definition) is 1. The highest BCUT2D eigenvalue weighted by molar-refractivity contribution is 6.01. The number of nitrogens with zero attached hydrogens (tertiary/aromatic N) is 2. The van der Waals surface area contributed by atoms with E-state index in [4.69, 9.17) is 4.74 Å². The number of hydrazine groups is 1. The molecule has 3 aliphatic heterocycles. The standard InChI is InChI=1S/C21H27N3O4/c1-4-5-6-11-16-21(17-12-20(2,3)28-19(27)23(17)21)24(16)22-18(26)15-10-8-7-9-14(15)13-25/h7-10,13,16-17H,4-6,11-12H2,1-3H3,(H,22,26)/t16-,17-,21-,23?,24?/m0/s1. The number of carbonyl (C=O) groups is 3. The molecule has 0 aliphatic carbocycles. The molecule has 0 radical (unpaired) electrons. The Balaban J connectivity index is 1.54. The van der Waals surface area contributed by atoms with Gasteiger partial charge in [-0.25, -0.2) is 4.79 Å². The molecule has 1 aromatic rings. The van der Waals surface area contributed by atoms with Crippen LogP contribution in [0, 0.1) is 0 Å². The first-order chi connectivity index (χ1) is 13.4. The Kier molecular flexibility index (Phi) is 4.45. The van der Waals surface area contributed by atoms with Crippen molar-refractivity contribution in [3.63, 3.8) is 0 Å². The summed E-state index contributed by atoms with van der Waals surface area (Å²) in [6.07, 6.45) is 5.28. The smallest absolute Gasteiger partial charge is 0.412 e. The van der Waals surface area contributed by atoms with Gasteiger partial charge in [-0.3, -0.25) is 19.9 Å². The van der Waals surface area contributed by atoms with E-state index in [1.807, 2.05) is 18.9 Å². The van der Waals surface area contributed by atoms with Gasteiger partial charge in [-0.1, -0.05) is 44.4 Å². The van der Waals surface area contributed by atoms with Crippen LogP contribution < -0.4 is 5.43 Å². The van der Waals surface area contributed by atoms with E-state index in [0.717, 1.165) is 32.1 Å². The van der Waals surface area contributed by atoms with Crippen LogP contribution >= 0.6 is 0 Å². The maximum absolute atomic E-state index is 12.8. The molecule has 1 N–H and O–H groups in total. The van der Waals surface area contributed by atoms with Crippen molar-refractivity contribution in [3.8, 4) is 0 Å². The Bertz CT molecular complexity index is 824. The summed E-state index contributed by atoms with van der Waals surface area (Å²) < 4.78 is 5.55. The van der Waals surface area contributed by atoms with Gasteiger partial charge in [-0.05, 0) is 26.3 Å². The van der Waals surface area contributed by atoms with Crippen LogP contribution in [0.25, 0.3) is 0 Å². The Hall–Kier alpha value is -2.41. The summed E-state index contributed by atoms with van der Waals surface area (Å²) in [6.45, 7) is 6.00. The third-order valence-electron chi connectivity index (χ3n) is 6.12. The number of rotatable bonds is 7. The Morgan fingerprint density at radius 3 is 2.79 bits per heavy atom. The molecule has 4 atom stereocenters. The molecule has 3 heterocycles. The number of fused-ring (bicyclic) bond motifs is 3. The van der Waals surface area contributed by atoms with Gasteiger partial charge in [0.05, 0.1) is 17.6 Å². The quantitative estimate of drug-likeness (QED) is 0.443. The molecule has 7 nitrogen and oxygen atoms in total. The molecule has 0 aromatic heterocycles. The number of carbonyl (C=O) groups excluding carboxylic acids is 3. The lowest BCUT2D eigenvalue weighted by Crippen LogP contribution is -2.37. The highest BCUT2D eigenvalue weighted by Gasteiger charge is 2.87. The van der Waals surface area contributed by atoms with Crippen molar-refractivity contribution in [1.82, 2.24) is 15.3 Å². The molecule has 1 aromatic carbocycles. The largest absolute Gasteiger partial charge is 0.443 e. The summed E-state index contributed by atoms with van der Waals surface area (Å²) in [4.78, 5) is 38.4. The molecule has 28 heavy (non-hydrogen) atoms. The molecule has 2 amide bonds. The molecule has 150 valence electrons. The van der Waals surface area contributed by atoms with Crippen LogP contribution in [-0.4, -0.2) is 51.5 Å². The summed E-state index contributed by atoms with van der Waals surface area (Å²) in [5.41, 5.74) is 2.69. The van der Waals surface area contributed by atoms with Gasteiger partial charge in [-0.2, -0.15) is 5.01 Å². The fourth-order valence-electron chi connectivity index (χ4n) is 4.75. The predicted molar refractivity (Wildman–Crippen MR) is 103 cm³/mol. The zero-order valence-corrected chi connectivity index (χ0v) is 16.6. The maximum Gasteiger partial charge on any atom is 0.412 e. The molecular formula is C21H27N3O4. The number of ether oxygens (including phenoxy) is 1. The van der Waals surface area contributed by atoms with E-state index in [-0.39, 0.29) is 24.1 Å². The van der Waals surface area contributed by atoms with E-state index >= 15 is 0 Å². The van der Waals surface area contributed by atoms with E-state index in [1.165, 1.54) is 0 Å². The molecule has 0 bridgehead atoms. The SMILES string of the molecule is CCCCC[C@@H]1N(NC(=O)c2ccccc2C=O)[C@]12[C@@H]1CC(C)(C)OC(=O)N12. The number of amides is 2. The van der Waals surface area contributed by atoms with E-state index in [2.05, 4.69) is 12.3 Å². The Labute approximate surface area is 165 Å². The minimum atomic E-state index is -0.502. The van der Waals surface area contributed by atoms with Crippen molar-refractivity contribution >= 4 is 18.3 Å². The maximum atomic E-state index is 12.8. The molecule has 7 heteroatoms. The number of cyclic esters (lactones) is 1. The summed E-state index contributed by atoms with van der Waals surface area (Å²) >= 11 is 0. The van der Waals surface area contributed by atoms with Gasteiger partial charge in [0.2, 0.25) is 0 Å². The highest BCUT2D eigenvalue weighted by atomic mass is 16.6. The van der Waals surface area contributed by atoms with Gasteiger partial charge in [-0.15, -0.1) is 0 Å². The van der Waals surface area contributed by atoms with Crippen molar-refractivity contribution in [2.75, 3.05) is 0 Å². The second-order valence-electron chi connectivity index (χ2n) is 8.53. The van der Waals surface area contributed by atoms with Crippen LogP contribution in [0.4, 0.5) is 4.79 Å². The van der Waals surface area contributed by atoms with Crippen molar-refractivity contribution in [1.29, 1.82) is 0 Å².